The lowest BCUT2D eigenvalue weighted by Crippen LogP contribution is -2.30. The van der Waals surface area contributed by atoms with Gasteiger partial charge in [0.25, 0.3) is 5.91 Å². The molecule has 1 atom stereocenters. The van der Waals surface area contributed by atoms with Crippen LogP contribution < -0.4 is 9.62 Å². The van der Waals surface area contributed by atoms with Crippen LogP contribution >= 0.6 is 23.4 Å². The van der Waals surface area contributed by atoms with Gasteiger partial charge in [0.1, 0.15) is 0 Å². The molecule has 0 radical (unpaired) electrons. The predicted octanol–water partition coefficient (Wildman–Crippen LogP) is 3.85. The summed E-state index contributed by atoms with van der Waals surface area (Å²) in [7, 11) is -3.22. The van der Waals surface area contributed by atoms with Crippen LogP contribution in [-0.4, -0.2) is 32.4 Å². The van der Waals surface area contributed by atoms with E-state index in [1.54, 1.807) is 36.0 Å². The van der Waals surface area contributed by atoms with Gasteiger partial charge in [-0.25, -0.2) is 8.42 Å². The number of anilines is 1. The minimum absolute atomic E-state index is 0.0777. The number of hydrogen-bond acceptors (Lipinski definition) is 4. The summed E-state index contributed by atoms with van der Waals surface area (Å²) < 4.78 is 25.5. The van der Waals surface area contributed by atoms with Crippen LogP contribution in [0.5, 0.6) is 0 Å². The third kappa shape index (κ3) is 3.81. The number of halogens is 1. The number of amides is 1. The fourth-order valence-corrected chi connectivity index (χ4v) is 6.32. The smallest absolute Gasteiger partial charge is 0.251 e. The molecule has 2 aromatic carbocycles. The van der Waals surface area contributed by atoms with Gasteiger partial charge in [-0.1, -0.05) is 11.6 Å². The fraction of sp³-hybridized carbons (Fsp3) is 0.316. The number of nitrogens with one attached hydrogen (secondary N) is 1. The lowest BCUT2D eigenvalue weighted by molar-refractivity contribution is 0.0935. The maximum absolute atomic E-state index is 12.7. The first kappa shape index (κ1) is 18.7. The zero-order valence-electron chi connectivity index (χ0n) is 14.5. The van der Waals surface area contributed by atoms with Gasteiger partial charge in [-0.05, 0) is 60.9 Å². The Balaban J connectivity index is 1.51. The molecule has 1 saturated heterocycles. The summed E-state index contributed by atoms with van der Waals surface area (Å²) in [5.41, 5.74) is 2.17. The van der Waals surface area contributed by atoms with E-state index >= 15 is 0 Å². The van der Waals surface area contributed by atoms with E-state index in [2.05, 4.69) is 5.32 Å². The van der Waals surface area contributed by atoms with Crippen LogP contribution in [-0.2, 0) is 10.0 Å². The predicted molar refractivity (Wildman–Crippen MR) is 109 cm³/mol. The number of thioether (sulfide) groups is 1. The monoisotopic (exact) mass is 422 g/mol. The molecule has 0 aromatic heterocycles. The highest BCUT2D eigenvalue weighted by molar-refractivity contribution is 7.99. The number of benzene rings is 2. The van der Waals surface area contributed by atoms with E-state index in [4.69, 9.17) is 11.6 Å². The van der Waals surface area contributed by atoms with E-state index in [9.17, 15) is 13.2 Å². The molecule has 2 aliphatic rings. The molecule has 142 valence electrons. The quantitative estimate of drug-likeness (QED) is 0.815. The Kier molecular flexibility index (Phi) is 5.09. The van der Waals surface area contributed by atoms with E-state index < -0.39 is 10.0 Å². The normalized spacial score (nSPS) is 20.9. The SMILES string of the molecule is O=C(NC1CCSc2ccc(Cl)cc21)c1ccc(N2CCCS2(=O)=O)cc1. The van der Waals surface area contributed by atoms with E-state index in [0.29, 0.717) is 29.2 Å². The summed E-state index contributed by atoms with van der Waals surface area (Å²) in [6.07, 6.45) is 1.47. The molecule has 1 fully saturated rings. The van der Waals surface area contributed by atoms with Crippen molar-refractivity contribution in [2.45, 2.75) is 23.8 Å². The molecule has 2 aliphatic heterocycles. The summed E-state index contributed by atoms with van der Waals surface area (Å²) in [5, 5.41) is 3.74. The zero-order chi connectivity index (χ0) is 19.0. The third-order valence-electron chi connectivity index (χ3n) is 4.83. The van der Waals surface area contributed by atoms with Crippen LogP contribution in [0.4, 0.5) is 5.69 Å². The minimum atomic E-state index is -3.22. The minimum Gasteiger partial charge on any atom is -0.345 e. The average Bonchev–Trinajstić information content (AvgIpc) is 3.01. The third-order valence-corrected chi connectivity index (χ3v) is 8.06. The summed E-state index contributed by atoms with van der Waals surface area (Å²) in [5.74, 6) is 0.941. The van der Waals surface area contributed by atoms with Gasteiger partial charge in [0.15, 0.2) is 0 Å². The van der Waals surface area contributed by atoms with Crippen molar-refractivity contribution in [3.05, 3.63) is 58.6 Å². The summed E-state index contributed by atoms with van der Waals surface area (Å²) in [4.78, 5) is 13.8. The van der Waals surface area contributed by atoms with Gasteiger partial charge in [-0.2, -0.15) is 0 Å². The van der Waals surface area contributed by atoms with E-state index in [-0.39, 0.29) is 17.7 Å². The van der Waals surface area contributed by atoms with E-state index in [1.165, 1.54) is 4.31 Å². The molecular weight excluding hydrogens is 404 g/mol. The van der Waals surface area contributed by atoms with Crippen LogP contribution in [0.25, 0.3) is 0 Å². The van der Waals surface area contributed by atoms with Crippen LogP contribution in [0.15, 0.2) is 47.4 Å². The molecule has 27 heavy (non-hydrogen) atoms. The van der Waals surface area contributed by atoms with E-state index in [1.807, 2.05) is 18.2 Å². The van der Waals surface area contributed by atoms with Gasteiger partial charge in [0, 0.05) is 27.8 Å². The highest BCUT2D eigenvalue weighted by atomic mass is 35.5. The lowest BCUT2D eigenvalue weighted by Gasteiger charge is -2.26. The fourth-order valence-electron chi connectivity index (χ4n) is 3.47. The Hall–Kier alpha value is -1.70. The summed E-state index contributed by atoms with van der Waals surface area (Å²) >= 11 is 7.89. The van der Waals surface area contributed by atoms with Crippen molar-refractivity contribution in [1.29, 1.82) is 0 Å². The second-order valence-corrected chi connectivity index (χ2v) is 10.2. The molecule has 2 heterocycles. The average molecular weight is 423 g/mol. The van der Waals surface area contributed by atoms with Gasteiger partial charge in [0.05, 0.1) is 17.5 Å². The largest absolute Gasteiger partial charge is 0.345 e. The Morgan fingerprint density at radius 1 is 1.19 bits per heavy atom. The Bertz CT molecular complexity index is 977. The van der Waals surface area contributed by atoms with Crippen LogP contribution in [0.3, 0.4) is 0 Å². The van der Waals surface area contributed by atoms with Crippen LogP contribution in [0.2, 0.25) is 5.02 Å². The van der Waals surface area contributed by atoms with Crippen molar-refractivity contribution in [1.82, 2.24) is 5.32 Å². The van der Waals surface area contributed by atoms with Gasteiger partial charge in [-0.3, -0.25) is 9.10 Å². The van der Waals surface area contributed by atoms with Gasteiger partial charge in [-0.15, -0.1) is 11.8 Å². The van der Waals surface area contributed by atoms with E-state index in [0.717, 1.165) is 22.6 Å². The first-order valence-corrected chi connectivity index (χ1v) is 11.7. The van der Waals surface area contributed by atoms with Crippen molar-refractivity contribution in [2.75, 3.05) is 22.4 Å². The summed E-state index contributed by atoms with van der Waals surface area (Å²) in [6, 6.07) is 12.4. The van der Waals surface area contributed by atoms with Crippen molar-refractivity contribution in [3.8, 4) is 0 Å². The number of fused-ring (bicyclic) bond motifs is 1. The molecule has 1 N–H and O–H groups in total. The van der Waals surface area contributed by atoms with Crippen molar-refractivity contribution < 1.29 is 13.2 Å². The molecule has 8 heteroatoms. The number of nitrogens with zero attached hydrogens (tertiary/aromatic N) is 1. The number of carbonyl (C=O) groups is 1. The van der Waals surface area contributed by atoms with Crippen molar-refractivity contribution in [3.63, 3.8) is 0 Å². The first-order chi connectivity index (χ1) is 12.9. The molecule has 5 nitrogen and oxygen atoms in total. The van der Waals surface area contributed by atoms with Crippen LogP contribution in [0, 0.1) is 0 Å². The van der Waals surface area contributed by atoms with Crippen LogP contribution in [0.1, 0.15) is 34.8 Å². The lowest BCUT2D eigenvalue weighted by atomic mass is 10.0. The van der Waals surface area contributed by atoms with Gasteiger partial charge >= 0.3 is 0 Å². The molecule has 2 aromatic rings. The topological polar surface area (TPSA) is 66.5 Å². The highest BCUT2D eigenvalue weighted by Gasteiger charge is 2.28. The zero-order valence-corrected chi connectivity index (χ0v) is 16.9. The molecule has 0 aliphatic carbocycles. The Morgan fingerprint density at radius 3 is 2.67 bits per heavy atom. The van der Waals surface area contributed by atoms with Gasteiger partial charge < -0.3 is 5.32 Å². The highest BCUT2D eigenvalue weighted by Crippen LogP contribution is 2.37. The molecule has 0 spiro atoms. The molecule has 1 unspecified atom stereocenters. The Labute approximate surface area is 168 Å². The maximum Gasteiger partial charge on any atom is 0.251 e. The van der Waals surface area contributed by atoms with Crippen molar-refractivity contribution >= 4 is 45.0 Å². The number of rotatable bonds is 3. The number of sulfonamides is 1. The second-order valence-electron chi connectivity index (χ2n) is 6.63. The molecule has 0 bridgehead atoms. The first-order valence-electron chi connectivity index (χ1n) is 8.78. The Morgan fingerprint density at radius 2 is 1.96 bits per heavy atom. The standard InChI is InChI=1S/C19H19ClN2O3S2/c20-14-4-7-18-16(12-14)17(8-10-26-18)21-19(23)13-2-5-15(6-3-13)22-9-1-11-27(22,24)25/h2-7,12,17H,1,8-11H2,(H,21,23). The molecule has 4 rings (SSSR count). The second kappa shape index (κ2) is 7.37. The molecular formula is C19H19ClN2O3S2. The maximum atomic E-state index is 12.7. The number of carbonyl (C=O) groups excluding carboxylic acids is 1. The van der Waals surface area contributed by atoms with Gasteiger partial charge in [0.2, 0.25) is 10.0 Å². The van der Waals surface area contributed by atoms with Crippen molar-refractivity contribution in [2.24, 2.45) is 0 Å². The summed E-state index contributed by atoms with van der Waals surface area (Å²) in [6.45, 7) is 0.491. The molecule has 0 saturated carbocycles. The number of hydrogen-bond donors (Lipinski definition) is 1. The molecule has 1 amide bonds.